The highest BCUT2D eigenvalue weighted by molar-refractivity contribution is 6.31. The molecule has 1 aromatic carbocycles. The summed E-state index contributed by atoms with van der Waals surface area (Å²) in [5.41, 5.74) is 0.668. The fourth-order valence-electron chi connectivity index (χ4n) is 2.91. The summed E-state index contributed by atoms with van der Waals surface area (Å²) in [5, 5.41) is 0.473. The number of hydrogen-bond acceptors (Lipinski definition) is 1. The summed E-state index contributed by atoms with van der Waals surface area (Å²) in [4.78, 5) is 12.3. The highest BCUT2D eigenvalue weighted by Crippen LogP contribution is 2.43. The van der Waals surface area contributed by atoms with Crippen LogP contribution in [0.4, 0.5) is 4.39 Å². The smallest absolute Gasteiger partial charge is 0.140 e. The first-order valence-electron chi connectivity index (χ1n) is 6.37. The van der Waals surface area contributed by atoms with Crippen molar-refractivity contribution < 1.29 is 9.18 Å². The first-order chi connectivity index (χ1) is 8.40. The van der Waals surface area contributed by atoms with Crippen LogP contribution in [0.3, 0.4) is 0 Å². The van der Waals surface area contributed by atoms with Crippen molar-refractivity contribution in [3.05, 3.63) is 34.6 Å². The zero-order chi connectivity index (χ0) is 13.3. The molecule has 1 fully saturated rings. The number of rotatable bonds is 3. The summed E-state index contributed by atoms with van der Waals surface area (Å²) in [6.45, 7) is 4.27. The van der Waals surface area contributed by atoms with Crippen LogP contribution in [0, 0.1) is 17.2 Å². The first kappa shape index (κ1) is 13.5. The number of halogens is 2. The summed E-state index contributed by atoms with van der Waals surface area (Å²) in [6, 6.07) is 4.19. The van der Waals surface area contributed by atoms with Crippen molar-refractivity contribution >= 4 is 17.4 Å². The van der Waals surface area contributed by atoms with Crippen LogP contribution in [-0.2, 0) is 11.2 Å². The van der Waals surface area contributed by atoms with E-state index in [1.807, 2.05) is 0 Å². The molecule has 1 aliphatic carbocycles. The highest BCUT2D eigenvalue weighted by Gasteiger charge is 2.38. The molecule has 0 spiro atoms. The van der Waals surface area contributed by atoms with E-state index in [2.05, 4.69) is 13.8 Å². The van der Waals surface area contributed by atoms with E-state index < -0.39 is 0 Å². The minimum Gasteiger partial charge on any atom is -0.299 e. The third kappa shape index (κ3) is 2.74. The Morgan fingerprint density at radius 3 is 2.83 bits per heavy atom. The molecule has 0 heterocycles. The van der Waals surface area contributed by atoms with Gasteiger partial charge in [0.05, 0.1) is 0 Å². The molecule has 1 saturated carbocycles. The van der Waals surface area contributed by atoms with E-state index in [0.29, 0.717) is 10.6 Å². The minimum absolute atomic E-state index is 0.0664. The van der Waals surface area contributed by atoms with Crippen molar-refractivity contribution in [2.75, 3.05) is 0 Å². The lowest BCUT2D eigenvalue weighted by atomic mass is 9.78. The molecule has 2 rings (SSSR count). The molecule has 0 N–H and O–H groups in total. The molecular formula is C15H18ClFO. The van der Waals surface area contributed by atoms with Crippen molar-refractivity contribution in [3.63, 3.8) is 0 Å². The second-order valence-electron chi connectivity index (χ2n) is 5.81. The summed E-state index contributed by atoms with van der Waals surface area (Å²) in [7, 11) is 0. The quantitative estimate of drug-likeness (QED) is 0.793. The predicted octanol–water partition coefficient (Wildman–Crippen LogP) is 4.42. The van der Waals surface area contributed by atoms with Crippen LogP contribution in [0.1, 0.15) is 38.7 Å². The van der Waals surface area contributed by atoms with Crippen molar-refractivity contribution in [1.82, 2.24) is 0 Å². The predicted molar refractivity (Wildman–Crippen MR) is 71.2 cm³/mol. The second-order valence-corrected chi connectivity index (χ2v) is 6.22. The van der Waals surface area contributed by atoms with Crippen LogP contribution in [0.5, 0.6) is 0 Å². The van der Waals surface area contributed by atoms with Gasteiger partial charge < -0.3 is 0 Å². The third-order valence-electron chi connectivity index (χ3n) is 4.02. The Balaban J connectivity index is 2.14. The van der Waals surface area contributed by atoms with Crippen molar-refractivity contribution in [3.8, 4) is 0 Å². The maximum Gasteiger partial charge on any atom is 0.140 e. The molecule has 0 bridgehead atoms. The normalized spacial score (nSPS) is 22.1. The maximum atomic E-state index is 13.2. The topological polar surface area (TPSA) is 17.1 Å². The highest BCUT2D eigenvalue weighted by atomic mass is 35.5. The molecule has 1 unspecified atom stereocenters. The molecule has 1 nitrogen and oxygen atoms in total. The molecule has 1 aliphatic rings. The van der Waals surface area contributed by atoms with Crippen molar-refractivity contribution in [2.24, 2.45) is 11.3 Å². The van der Waals surface area contributed by atoms with Gasteiger partial charge in [0, 0.05) is 17.4 Å². The number of ketones is 1. The van der Waals surface area contributed by atoms with Gasteiger partial charge in [-0.05, 0) is 42.0 Å². The summed E-state index contributed by atoms with van der Waals surface area (Å²) < 4.78 is 13.2. The number of hydrogen-bond donors (Lipinski definition) is 0. The van der Waals surface area contributed by atoms with E-state index in [9.17, 15) is 9.18 Å². The summed E-state index contributed by atoms with van der Waals surface area (Å²) in [6.07, 6.45) is 3.37. The van der Waals surface area contributed by atoms with Gasteiger partial charge in [-0.15, -0.1) is 0 Å². The Morgan fingerprint density at radius 1 is 1.50 bits per heavy atom. The lowest BCUT2D eigenvalue weighted by molar-refractivity contribution is -0.124. The summed E-state index contributed by atoms with van der Waals surface area (Å²) in [5.74, 6) is -0.0743. The van der Waals surface area contributed by atoms with Crippen molar-refractivity contribution in [1.29, 1.82) is 0 Å². The number of Topliss-reactive ketones (excluding diaryl/α,β-unsaturated/α-hetero) is 1. The molecular weight excluding hydrogens is 251 g/mol. The fourth-order valence-corrected chi connectivity index (χ4v) is 3.10. The largest absolute Gasteiger partial charge is 0.299 e. The standard InChI is InChI=1S/C15H18ClFO/c1-15(2)7-3-4-12(15)14(18)9-10-8-11(17)5-6-13(10)16/h5-6,8,12H,3-4,7,9H2,1-2H3. The molecule has 0 aromatic heterocycles. The molecule has 1 atom stereocenters. The molecule has 1 aromatic rings. The second kappa shape index (κ2) is 5.00. The van der Waals surface area contributed by atoms with E-state index in [-0.39, 0.29) is 29.4 Å². The van der Waals surface area contributed by atoms with Gasteiger partial charge in [-0.25, -0.2) is 4.39 Å². The van der Waals surface area contributed by atoms with E-state index in [0.717, 1.165) is 19.3 Å². The van der Waals surface area contributed by atoms with E-state index in [1.165, 1.54) is 18.2 Å². The van der Waals surface area contributed by atoms with E-state index >= 15 is 0 Å². The molecule has 0 saturated heterocycles. The maximum absolute atomic E-state index is 13.2. The lowest BCUT2D eigenvalue weighted by Crippen LogP contribution is -2.27. The molecule has 0 radical (unpaired) electrons. The third-order valence-corrected chi connectivity index (χ3v) is 4.39. The zero-order valence-corrected chi connectivity index (χ0v) is 11.6. The fraction of sp³-hybridized carbons (Fsp3) is 0.533. The van der Waals surface area contributed by atoms with Crippen molar-refractivity contribution in [2.45, 2.75) is 39.5 Å². The Labute approximate surface area is 112 Å². The summed E-state index contributed by atoms with van der Waals surface area (Å²) >= 11 is 6.00. The van der Waals surface area contributed by atoms with Gasteiger partial charge in [0.1, 0.15) is 11.6 Å². The Hall–Kier alpha value is -0.890. The molecule has 98 valence electrons. The number of benzene rings is 1. The van der Waals surface area contributed by atoms with Crippen LogP contribution in [0.15, 0.2) is 18.2 Å². The molecule has 0 aliphatic heterocycles. The van der Waals surface area contributed by atoms with Gasteiger partial charge in [0.15, 0.2) is 0 Å². The monoisotopic (exact) mass is 268 g/mol. The van der Waals surface area contributed by atoms with E-state index in [1.54, 1.807) is 0 Å². The van der Waals surface area contributed by atoms with Gasteiger partial charge >= 0.3 is 0 Å². The lowest BCUT2D eigenvalue weighted by Gasteiger charge is -2.25. The Kier molecular flexibility index (Phi) is 3.76. The average molecular weight is 269 g/mol. The minimum atomic E-state index is -0.340. The van der Waals surface area contributed by atoms with E-state index in [4.69, 9.17) is 11.6 Å². The van der Waals surface area contributed by atoms with Crippen LogP contribution >= 0.6 is 11.6 Å². The van der Waals surface area contributed by atoms with Gasteiger partial charge in [-0.1, -0.05) is 31.9 Å². The molecule has 3 heteroatoms. The SMILES string of the molecule is CC1(C)CCCC1C(=O)Cc1cc(F)ccc1Cl. The van der Waals surface area contributed by atoms with Crippen LogP contribution < -0.4 is 0 Å². The average Bonchev–Trinajstić information content (AvgIpc) is 2.63. The Morgan fingerprint density at radius 2 is 2.22 bits per heavy atom. The van der Waals surface area contributed by atoms with Gasteiger partial charge in [-0.3, -0.25) is 4.79 Å². The molecule has 18 heavy (non-hydrogen) atoms. The van der Waals surface area contributed by atoms with Gasteiger partial charge in [0.2, 0.25) is 0 Å². The van der Waals surface area contributed by atoms with Crippen LogP contribution in [-0.4, -0.2) is 5.78 Å². The Bertz CT molecular complexity index is 468. The van der Waals surface area contributed by atoms with Gasteiger partial charge in [-0.2, -0.15) is 0 Å². The van der Waals surface area contributed by atoms with Crippen LogP contribution in [0.25, 0.3) is 0 Å². The zero-order valence-electron chi connectivity index (χ0n) is 10.8. The van der Waals surface area contributed by atoms with Crippen LogP contribution in [0.2, 0.25) is 5.02 Å². The van der Waals surface area contributed by atoms with Gasteiger partial charge in [0.25, 0.3) is 0 Å². The number of carbonyl (C=O) groups is 1. The number of carbonyl (C=O) groups excluding carboxylic acids is 1. The first-order valence-corrected chi connectivity index (χ1v) is 6.74. The molecule has 0 amide bonds.